The molecule has 0 spiro atoms. The van der Waals surface area contributed by atoms with E-state index in [4.69, 9.17) is 9.05 Å². The second kappa shape index (κ2) is 53.1. The molecule has 0 saturated carbocycles. The lowest BCUT2D eigenvalue weighted by Crippen LogP contribution is -2.46. The van der Waals surface area contributed by atoms with Gasteiger partial charge in [0.05, 0.1) is 39.9 Å². The molecular weight excluding hydrogens is 888 g/mol. The van der Waals surface area contributed by atoms with Crippen LogP contribution in [0.15, 0.2) is 12.2 Å². The van der Waals surface area contributed by atoms with Crippen LogP contribution in [0.3, 0.4) is 0 Å². The molecule has 0 bridgehead atoms. The minimum Gasteiger partial charge on any atom is -0.391 e. The number of carbonyl (C=O) groups is 1. The molecule has 0 heterocycles. The first-order valence-corrected chi connectivity index (χ1v) is 32.5. The molecule has 1 amide bonds. The first-order chi connectivity index (χ1) is 34.0. The van der Waals surface area contributed by atoms with Crippen LogP contribution in [0.2, 0.25) is 0 Å². The van der Waals surface area contributed by atoms with E-state index in [0.29, 0.717) is 23.9 Å². The largest absolute Gasteiger partial charge is 0.472 e. The smallest absolute Gasteiger partial charge is 0.391 e. The molecule has 3 unspecified atom stereocenters. The van der Waals surface area contributed by atoms with Gasteiger partial charge in [-0.1, -0.05) is 289 Å². The predicted octanol–water partition coefficient (Wildman–Crippen LogP) is 19.0. The topological polar surface area (TPSA) is 105 Å². The van der Waals surface area contributed by atoms with Crippen LogP contribution in [0, 0.1) is 0 Å². The Bertz CT molecular complexity index is 1150. The Kier molecular flexibility index (Phi) is 52.5. The number of hydrogen-bond donors (Lipinski definition) is 3. The lowest BCUT2D eigenvalue weighted by molar-refractivity contribution is -0.870. The molecule has 3 atom stereocenters. The summed E-state index contributed by atoms with van der Waals surface area (Å²) < 4.78 is 23.8. The number of rotatable bonds is 58. The third-order valence-electron chi connectivity index (χ3n) is 14.5. The molecule has 8 nitrogen and oxygen atoms in total. The second-order valence-corrected chi connectivity index (χ2v) is 24.2. The summed E-state index contributed by atoms with van der Waals surface area (Å²) in [6.45, 7) is 4.93. The predicted molar refractivity (Wildman–Crippen MR) is 305 cm³/mol. The minimum absolute atomic E-state index is 0.0763. The quantitative estimate of drug-likeness (QED) is 0.0243. The van der Waals surface area contributed by atoms with Crippen molar-refractivity contribution in [3.05, 3.63) is 12.2 Å². The number of aliphatic hydroxyl groups excluding tert-OH is 1. The molecule has 0 radical (unpaired) electrons. The summed E-state index contributed by atoms with van der Waals surface area (Å²) in [5.41, 5.74) is 0. The van der Waals surface area contributed by atoms with E-state index in [1.807, 2.05) is 21.1 Å². The van der Waals surface area contributed by atoms with Gasteiger partial charge in [-0.25, -0.2) is 4.57 Å². The van der Waals surface area contributed by atoms with Crippen LogP contribution in [-0.2, 0) is 18.4 Å². The molecule has 9 heteroatoms. The molecule has 3 N–H and O–H groups in total. The van der Waals surface area contributed by atoms with E-state index in [1.54, 1.807) is 0 Å². The maximum atomic E-state index is 13.0. The highest BCUT2D eigenvalue weighted by Crippen LogP contribution is 2.43. The van der Waals surface area contributed by atoms with Crippen molar-refractivity contribution < 1.29 is 32.9 Å². The number of unbranched alkanes of at least 4 members (excludes halogenated alkanes) is 43. The lowest BCUT2D eigenvalue weighted by Gasteiger charge is -2.26. The highest BCUT2D eigenvalue weighted by Gasteiger charge is 2.28. The van der Waals surface area contributed by atoms with Crippen molar-refractivity contribution in [3.63, 3.8) is 0 Å². The zero-order valence-corrected chi connectivity index (χ0v) is 48.7. The fourth-order valence-corrected chi connectivity index (χ4v) is 10.4. The molecule has 0 aliphatic heterocycles. The van der Waals surface area contributed by atoms with Gasteiger partial charge < -0.3 is 19.8 Å². The average Bonchev–Trinajstić information content (AvgIpc) is 3.32. The van der Waals surface area contributed by atoms with Crippen LogP contribution >= 0.6 is 7.82 Å². The van der Waals surface area contributed by atoms with Crippen molar-refractivity contribution in [2.24, 2.45) is 0 Å². The Morgan fingerprint density at radius 3 is 1.10 bits per heavy atom. The number of phosphoric acid groups is 1. The second-order valence-electron chi connectivity index (χ2n) is 22.8. The van der Waals surface area contributed by atoms with Gasteiger partial charge in [-0.15, -0.1) is 0 Å². The molecule has 0 aliphatic carbocycles. The number of carbonyl (C=O) groups excluding carboxylic acids is 1. The van der Waals surface area contributed by atoms with E-state index in [1.165, 1.54) is 257 Å². The van der Waals surface area contributed by atoms with Gasteiger partial charge >= 0.3 is 7.82 Å². The Labute approximate surface area is 437 Å². The molecule has 418 valence electrons. The summed E-state index contributed by atoms with van der Waals surface area (Å²) in [4.78, 5) is 23.3. The molecule has 0 aliphatic rings. The Hall–Kier alpha value is -0.760. The lowest BCUT2D eigenvalue weighted by atomic mass is 10.0. The molecule has 0 aromatic carbocycles. The van der Waals surface area contributed by atoms with E-state index in [2.05, 4.69) is 31.3 Å². The minimum atomic E-state index is -4.32. The first kappa shape index (κ1) is 69.2. The van der Waals surface area contributed by atoms with E-state index >= 15 is 0 Å². The maximum absolute atomic E-state index is 13.0. The highest BCUT2D eigenvalue weighted by molar-refractivity contribution is 7.47. The number of phosphoric ester groups is 1. The van der Waals surface area contributed by atoms with Crippen molar-refractivity contribution in [3.8, 4) is 0 Å². The van der Waals surface area contributed by atoms with Crippen molar-refractivity contribution in [2.45, 2.75) is 334 Å². The van der Waals surface area contributed by atoms with E-state index < -0.39 is 20.0 Å². The molecule has 0 aromatic heterocycles. The zero-order chi connectivity index (χ0) is 51.3. The van der Waals surface area contributed by atoms with Crippen LogP contribution in [0.5, 0.6) is 0 Å². The SMILES string of the molecule is CCCCCCCC/C=C\CCCCCCCCCC(=O)NC(COP(=O)(O)OCC[N+](C)(C)C)C(O)CCCCCCCCCCCCCCCCCCCCCCCCCCCCCCCCC. The van der Waals surface area contributed by atoms with Gasteiger partial charge in [0.1, 0.15) is 13.2 Å². The third-order valence-corrected chi connectivity index (χ3v) is 15.5. The molecule has 0 fully saturated rings. The summed E-state index contributed by atoms with van der Waals surface area (Å²) in [5.74, 6) is -0.144. The average molecular weight is 1010 g/mol. The summed E-state index contributed by atoms with van der Waals surface area (Å²) in [6.07, 6.45) is 65.8. The van der Waals surface area contributed by atoms with Crippen molar-refractivity contribution in [1.82, 2.24) is 5.32 Å². The fourth-order valence-electron chi connectivity index (χ4n) is 9.63. The number of nitrogens with zero attached hydrogens (tertiary/aromatic N) is 1. The number of hydrogen-bond acceptors (Lipinski definition) is 5. The Balaban J connectivity index is 4.02. The van der Waals surface area contributed by atoms with E-state index in [-0.39, 0.29) is 19.1 Å². The monoisotopic (exact) mass is 1010 g/mol. The van der Waals surface area contributed by atoms with Crippen molar-refractivity contribution in [2.75, 3.05) is 40.9 Å². The van der Waals surface area contributed by atoms with Gasteiger partial charge in [-0.3, -0.25) is 13.8 Å². The zero-order valence-electron chi connectivity index (χ0n) is 47.8. The summed E-state index contributed by atoms with van der Waals surface area (Å²) in [6, 6.07) is -0.761. The van der Waals surface area contributed by atoms with Gasteiger partial charge in [0.2, 0.25) is 5.91 Å². The Morgan fingerprint density at radius 1 is 0.471 bits per heavy atom. The Morgan fingerprint density at radius 2 is 0.771 bits per heavy atom. The normalized spacial score (nSPS) is 13.9. The van der Waals surface area contributed by atoms with Crippen LogP contribution in [0.1, 0.15) is 322 Å². The molecule has 70 heavy (non-hydrogen) atoms. The summed E-state index contributed by atoms with van der Waals surface area (Å²) in [7, 11) is 1.63. The highest BCUT2D eigenvalue weighted by atomic mass is 31.2. The number of likely N-dealkylation sites (N-methyl/N-ethyl adjacent to an activating group) is 1. The fraction of sp³-hybridized carbons (Fsp3) is 0.951. The van der Waals surface area contributed by atoms with E-state index in [9.17, 15) is 19.4 Å². The van der Waals surface area contributed by atoms with Gasteiger partial charge in [0.25, 0.3) is 0 Å². The van der Waals surface area contributed by atoms with Crippen molar-refractivity contribution in [1.29, 1.82) is 0 Å². The number of aliphatic hydroxyl groups is 1. The van der Waals surface area contributed by atoms with Crippen LogP contribution < -0.4 is 5.32 Å². The van der Waals surface area contributed by atoms with Gasteiger partial charge in [-0.05, 0) is 38.5 Å². The van der Waals surface area contributed by atoms with E-state index in [0.717, 1.165) is 38.5 Å². The first-order valence-electron chi connectivity index (χ1n) is 31.1. The van der Waals surface area contributed by atoms with Gasteiger partial charge in [0, 0.05) is 6.42 Å². The van der Waals surface area contributed by atoms with Crippen molar-refractivity contribution >= 4 is 13.7 Å². The van der Waals surface area contributed by atoms with Crippen LogP contribution in [0.25, 0.3) is 0 Å². The summed E-state index contributed by atoms with van der Waals surface area (Å²) >= 11 is 0. The standard InChI is InChI=1S/C61H123N2O6P/c1-6-8-10-12-14-16-18-20-22-24-25-26-27-28-29-30-31-32-33-34-35-36-37-39-40-42-44-46-48-50-52-54-60(64)59(58-69-70(66,67)68-57-56-63(3,4)5)62-61(65)55-53-51-49-47-45-43-41-38-23-21-19-17-15-13-11-9-7-2/h21,23,59-60,64H,6-20,22,24-58H2,1-5H3,(H-,62,65,66,67)/p+1/b23-21-. The number of nitrogens with one attached hydrogen (secondary N) is 1. The van der Waals surface area contributed by atoms with Crippen LogP contribution in [-0.4, -0.2) is 73.4 Å². The molecule has 0 aromatic rings. The molecule has 0 rings (SSSR count). The van der Waals surface area contributed by atoms with Gasteiger partial charge in [-0.2, -0.15) is 0 Å². The molecule has 0 saturated heterocycles. The number of quaternary nitrogens is 1. The molecular formula is C61H124N2O6P+. The van der Waals surface area contributed by atoms with Crippen LogP contribution in [0.4, 0.5) is 0 Å². The number of amides is 1. The summed E-state index contributed by atoms with van der Waals surface area (Å²) in [5, 5.41) is 14.1. The van der Waals surface area contributed by atoms with Gasteiger partial charge in [0.15, 0.2) is 0 Å². The maximum Gasteiger partial charge on any atom is 0.472 e. The number of allylic oxidation sites excluding steroid dienone is 2. The third kappa shape index (κ3) is 55.0.